The predicted octanol–water partition coefficient (Wildman–Crippen LogP) is 2.00. The zero-order valence-electron chi connectivity index (χ0n) is 11.1. The van der Waals surface area contributed by atoms with Crippen LogP contribution in [0.25, 0.3) is 0 Å². The van der Waals surface area contributed by atoms with Gasteiger partial charge in [-0.25, -0.2) is 0 Å². The minimum absolute atomic E-state index is 0.156. The van der Waals surface area contributed by atoms with Crippen LogP contribution >= 0.6 is 0 Å². The van der Waals surface area contributed by atoms with E-state index in [2.05, 4.69) is 22.4 Å². The van der Waals surface area contributed by atoms with Gasteiger partial charge in [0, 0.05) is 6.04 Å². The molecule has 18 heavy (non-hydrogen) atoms. The van der Waals surface area contributed by atoms with Crippen molar-refractivity contribution in [3.8, 4) is 0 Å². The van der Waals surface area contributed by atoms with Crippen LogP contribution in [0.1, 0.15) is 55.2 Å². The van der Waals surface area contributed by atoms with Gasteiger partial charge in [-0.3, -0.25) is 9.89 Å². The van der Waals surface area contributed by atoms with Crippen LogP contribution in [0.4, 0.5) is 5.69 Å². The molecule has 2 rings (SSSR count). The summed E-state index contributed by atoms with van der Waals surface area (Å²) < 4.78 is 0. The van der Waals surface area contributed by atoms with Gasteiger partial charge < -0.3 is 11.1 Å². The fraction of sp³-hybridized carbons (Fsp3) is 0.692. The lowest BCUT2D eigenvalue weighted by atomic mass is 9.84. The molecule has 1 aromatic rings. The Labute approximate surface area is 108 Å². The number of aryl methyl sites for hydroxylation is 1. The molecule has 5 nitrogen and oxygen atoms in total. The average molecular weight is 250 g/mol. The highest BCUT2D eigenvalue weighted by atomic mass is 16.2. The van der Waals surface area contributed by atoms with Gasteiger partial charge in [0.1, 0.15) is 0 Å². The van der Waals surface area contributed by atoms with E-state index < -0.39 is 0 Å². The van der Waals surface area contributed by atoms with Crippen molar-refractivity contribution in [3.05, 3.63) is 11.4 Å². The molecular weight excluding hydrogens is 228 g/mol. The second-order valence-electron chi connectivity index (χ2n) is 5.21. The predicted molar refractivity (Wildman–Crippen MR) is 71.2 cm³/mol. The zero-order valence-corrected chi connectivity index (χ0v) is 11.1. The molecule has 1 amide bonds. The first-order valence-corrected chi connectivity index (χ1v) is 6.73. The topological polar surface area (TPSA) is 83.8 Å². The van der Waals surface area contributed by atoms with E-state index in [9.17, 15) is 4.79 Å². The minimum Gasteiger partial charge on any atom is -0.395 e. The number of amides is 1. The number of anilines is 1. The standard InChI is InChI=1S/C13H22N4O/c1-3-9-4-6-10(7-5-9)15-13(18)12-11(14)8(2)16-17-12/h9-10H,3-7,14H2,1-2H3,(H,15,18)(H,16,17). The Hall–Kier alpha value is -1.52. The molecule has 0 bridgehead atoms. The highest BCUT2D eigenvalue weighted by Crippen LogP contribution is 2.26. The van der Waals surface area contributed by atoms with Crippen LogP contribution in [-0.4, -0.2) is 22.1 Å². The maximum atomic E-state index is 12.0. The van der Waals surface area contributed by atoms with Crippen LogP contribution in [0, 0.1) is 12.8 Å². The Morgan fingerprint density at radius 1 is 1.44 bits per heavy atom. The highest BCUT2D eigenvalue weighted by molar-refractivity contribution is 5.97. The smallest absolute Gasteiger partial charge is 0.274 e. The van der Waals surface area contributed by atoms with Gasteiger partial charge in [0.05, 0.1) is 11.4 Å². The van der Waals surface area contributed by atoms with Gasteiger partial charge >= 0.3 is 0 Å². The summed E-state index contributed by atoms with van der Waals surface area (Å²) in [6, 6.07) is 0.275. The Kier molecular flexibility index (Phi) is 3.89. The summed E-state index contributed by atoms with van der Waals surface area (Å²) in [5.41, 5.74) is 7.32. The van der Waals surface area contributed by atoms with Crippen molar-refractivity contribution in [1.82, 2.24) is 15.5 Å². The summed E-state index contributed by atoms with van der Waals surface area (Å²) in [6.45, 7) is 4.04. The summed E-state index contributed by atoms with van der Waals surface area (Å²) in [7, 11) is 0. The van der Waals surface area contributed by atoms with Gasteiger partial charge in [0.15, 0.2) is 5.69 Å². The molecule has 1 aliphatic carbocycles. The first kappa shape index (κ1) is 12.9. The lowest BCUT2D eigenvalue weighted by Crippen LogP contribution is -2.38. The van der Waals surface area contributed by atoms with Crippen molar-refractivity contribution in [3.63, 3.8) is 0 Å². The van der Waals surface area contributed by atoms with E-state index >= 15 is 0 Å². The molecular formula is C13H22N4O. The third-order valence-corrected chi connectivity index (χ3v) is 3.97. The van der Waals surface area contributed by atoms with Crippen molar-refractivity contribution in [1.29, 1.82) is 0 Å². The quantitative estimate of drug-likeness (QED) is 0.767. The van der Waals surface area contributed by atoms with Gasteiger partial charge in [-0.05, 0) is 38.5 Å². The Bertz CT molecular complexity index is 419. The molecule has 5 heteroatoms. The molecule has 0 aliphatic heterocycles. The molecule has 0 aromatic carbocycles. The van der Waals surface area contributed by atoms with Crippen LogP contribution in [0.15, 0.2) is 0 Å². The van der Waals surface area contributed by atoms with Crippen LogP contribution in [-0.2, 0) is 0 Å². The largest absolute Gasteiger partial charge is 0.395 e. The van der Waals surface area contributed by atoms with Gasteiger partial charge in [-0.1, -0.05) is 13.3 Å². The lowest BCUT2D eigenvalue weighted by Gasteiger charge is -2.28. The average Bonchev–Trinajstić information content (AvgIpc) is 2.71. The molecule has 4 N–H and O–H groups in total. The molecule has 1 aromatic heterocycles. The van der Waals surface area contributed by atoms with Crippen molar-refractivity contribution in [2.24, 2.45) is 5.92 Å². The summed E-state index contributed by atoms with van der Waals surface area (Å²) in [5.74, 6) is 0.674. The van der Waals surface area contributed by atoms with Gasteiger partial charge in [-0.2, -0.15) is 5.10 Å². The van der Waals surface area contributed by atoms with E-state index in [0.29, 0.717) is 11.4 Å². The molecule has 0 atom stereocenters. The summed E-state index contributed by atoms with van der Waals surface area (Å²) >= 11 is 0. The molecule has 0 radical (unpaired) electrons. The zero-order chi connectivity index (χ0) is 13.1. The van der Waals surface area contributed by atoms with E-state index in [-0.39, 0.29) is 11.9 Å². The third-order valence-electron chi connectivity index (χ3n) is 3.97. The molecule has 1 aliphatic rings. The number of rotatable bonds is 3. The van der Waals surface area contributed by atoms with Gasteiger partial charge in [-0.15, -0.1) is 0 Å². The van der Waals surface area contributed by atoms with Crippen LogP contribution in [0.2, 0.25) is 0 Å². The molecule has 0 saturated heterocycles. The van der Waals surface area contributed by atoms with Gasteiger partial charge in [0.2, 0.25) is 0 Å². The van der Waals surface area contributed by atoms with E-state index in [1.165, 1.54) is 19.3 Å². The highest BCUT2D eigenvalue weighted by Gasteiger charge is 2.23. The van der Waals surface area contributed by atoms with Crippen molar-refractivity contribution in [2.45, 2.75) is 52.0 Å². The number of nitrogens with one attached hydrogen (secondary N) is 2. The van der Waals surface area contributed by atoms with Crippen molar-refractivity contribution >= 4 is 11.6 Å². The molecule has 100 valence electrons. The van der Waals surface area contributed by atoms with E-state index in [0.717, 1.165) is 24.5 Å². The number of nitrogens with two attached hydrogens (primary N) is 1. The monoisotopic (exact) mass is 250 g/mol. The number of carbonyl (C=O) groups excluding carboxylic acids is 1. The number of hydrogen-bond acceptors (Lipinski definition) is 3. The fourth-order valence-corrected chi connectivity index (χ4v) is 2.58. The molecule has 0 spiro atoms. The first-order valence-electron chi connectivity index (χ1n) is 6.73. The SMILES string of the molecule is CCC1CCC(NC(=O)c2n[nH]c(C)c2N)CC1. The Balaban J connectivity index is 1.91. The number of hydrogen-bond donors (Lipinski definition) is 3. The molecule has 1 heterocycles. The van der Waals surface area contributed by atoms with E-state index in [1.807, 2.05) is 6.92 Å². The number of aromatic amines is 1. The first-order chi connectivity index (χ1) is 8.61. The number of aromatic nitrogens is 2. The minimum atomic E-state index is -0.156. The summed E-state index contributed by atoms with van der Waals surface area (Å²) in [4.78, 5) is 12.0. The molecule has 1 fully saturated rings. The number of nitrogens with zero attached hydrogens (tertiary/aromatic N) is 1. The van der Waals surface area contributed by atoms with E-state index in [4.69, 9.17) is 5.73 Å². The van der Waals surface area contributed by atoms with Crippen molar-refractivity contribution in [2.75, 3.05) is 5.73 Å². The number of H-pyrrole nitrogens is 1. The van der Waals surface area contributed by atoms with Crippen molar-refractivity contribution < 1.29 is 4.79 Å². The van der Waals surface area contributed by atoms with Crippen LogP contribution in [0.3, 0.4) is 0 Å². The lowest BCUT2D eigenvalue weighted by molar-refractivity contribution is 0.0917. The third kappa shape index (κ3) is 2.66. The Morgan fingerprint density at radius 2 is 2.11 bits per heavy atom. The molecule has 0 unspecified atom stereocenters. The summed E-state index contributed by atoms with van der Waals surface area (Å²) in [6.07, 6.45) is 5.78. The van der Waals surface area contributed by atoms with E-state index in [1.54, 1.807) is 0 Å². The van der Waals surface area contributed by atoms with Crippen LogP contribution in [0.5, 0.6) is 0 Å². The number of nitrogen functional groups attached to an aromatic ring is 1. The normalized spacial score (nSPS) is 23.9. The fourth-order valence-electron chi connectivity index (χ4n) is 2.58. The summed E-state index contributed by atoms with van der Waals surface area (Å²) in [5, 5.41) is 9.72. The maximum Gasteiger partial charge on any atom is 0.274 e. The van der Waals surface area contributed by atoms with Crippen LogP contribution < -0.4 is 11.1 Å². The second-order valence-corrected chi connectivity index (χ2v) is 5.21. The van der Waals surface area contributed by atoms with Gasteiger partial charge in [0.25, 0.3) is 5.91 Å². The molecule has 1 saturated carbocycles. The maximum absolute atomic E-state index is 12.0. The Morgan fingerprint density at radius 3 is 2.61 bits per heavy atom. The number of carbonyl (C=O) groups is 1. The second kappa shape index (κ2) is 5.42.